The number of nitrogens with zero attached hydrogens (tertiary/aromatic N) is 2. The van der Waals surface area contributed by atoms with Crippen LogP contribution in [0.5, 0.6) is 0 Å². The maximum atomic E-state index is 4.22. The summed E-state index contributed by atoms with van der Waals surface area (Å²) in [5.74, 6) is 0.978. The van der Waals surface area contributed by atoms with Crippen LogP contribution in [0.4, 0.5) is 0 Å². The van der Waals surface area contributed by atoms with Gasteiger partial charge in [0, 0.05) is 31.9 Å². The zero-order valence-corrected chi connectivity index (χ0v) is 9.34. The Morgan fingerprint density at radius 2 is 1.86 bits per heavy atom. The van der Waals surface area contributed by atoms with Crippen molar-refractivity contribution < 1.29 is 0 Å². The quantitative estimate of drug-likeness (QED) is 0.675. The van der Waals surface area contributed by atoms with Crippen LogP contribution in [0, 0.1) is 5.92 Å². The van der Waals surface area contributed by atoms with Gasteiger partial charge in [0.05, 0.1) is 0 Å². The van der Waals surface area contributed by atoms with E-state index in [0.29, 0.717) is 0 Å². The van der Waals surface area contributed by atoms with E-state index in [9.17, 15) is 0 Å². The van der Waals surface area contributed by atoms with E-state index < -0.39 is 0 Å². The molecule has 0 aromatic carbocycles. The van der Waals surface area contributed by atoms with E-state index in [0.717, 1.165) is 5.92 Å². The van der Waals surface area contributed by atoms with Crippen molar-refractivity contribution in [2.75, 3.05) is 32.7 Å². The van der Waals surface area contributed by atoms with Crippen LogP contribution in [-0.2, 0) is 0 Å². The van der Waals surface area contributed by atoms with Gasteiger partial charge in [-0.15, -0.1) is 0 Å². The molecule has 0 unspecified atom stereocenters. The predicted molar refractivity (Wildman–Crippen MR) is 60.2 cm³/mol. The molecule has 0 atom stereocenters. The second-order valence-electron chi connectivity index (χ2n) is 4.64. The van der Waals surface area contributed by atoms with E-state index in [-0.39, 0.29) is 0 Å². The van der Waals surface area contributed by atoms with Crippen molar-refractivity contribution in [3.63, 3.8) is 0 Å². The lowest BCUT2D eigenvalue weighted by Gasteiger charge is -2.36. The van der Waals surface area contributed by atoms with Crippen LogP contribution in [0.15, 0.2) is 12.3 Å². The first-order valence-corrected chi connectivity index (χ1v) is 5.94. The summed E-state index contributed by atoms with van der Waals surface area (Å²) in [6.45, 7) is 12.5. The molecule has 1 aliphatic heterocycles. The number of hydrogen-bond acceptors (Lipinski definition) is 2. The molecule has 2 aliphatic rings. The Bertz CT molecular complexity index is 200. The lowest BCUT2D eigenvalue weighted by Crippen LogP contribution is -2.45. The van der Waals surface area contributed by atoms with Gasteiger partial charge in [-0.25, -0.2) is 0 Å². The van der Waals surface area contributed by atoms with Gasteiger partial charge < -0.3 is 9.80 Å². The van der Waals surface area contributed by atoms with Gasteiger partial charge in [-0.2, -0.15) is 0 Å². The molecule has 0 aromatic heterocycles. The summed E-state index contributed by atoms with van der Waals surface area (Å²) in [6.07, 6.45) is 4.13. The molecule has 0 bridgehead atoms. The summed E-state index contributed by atoms with van der Waals surface area (Å²) < 4.78 is 0. The molecule has 2 heteroatoms. The number of rotatable bonds is 4. The Morgan fingerprint density at radius 3 is 2.36 bits per heavy atom. The van der Waals surface area contributed by atoms with Gasteiger partial charge in [0.25, 0.3) is 0 Å². The maximum Gasteiger partial charge on any atom is 0.0303 e. The van der Waals surface area contributed by atoms with Crippen molar-refractivity contribution in [3.8, 4) is 0 Å². The first-order chi connectivity index (χ1) is 6.79. The maximum absolute atomic E-state index is 4.22. The minimum atomic E-state index is 0.978. The lowest BCUT2D eigenvalue weighted by molar-refractivity contribution is 0.161. The molecule has 80 valence electrons. The summed E-state index contributed by atoms with van der Waals surface area (Å²) >= 11 is 0. The summed E-state index contributed by atoms with van der Waals surface area (Å²) in [4.78, 5) is 5.01. The minimum Gasteiger partial charge on any atom is -0.373 e. The summed E-state index contributed by atoms with van der Waals surface area (Å²) in [7, 11) is 0. The highest BCUT2D eigenvalue weighted by molar-refractivity contribution is 5.00. The van der Waals surface area contributed by atoms with Crippen LogP contribution in [-0.4, -0.2) is 42.5 Å². The fourth-order valence-corrected chi connectivity index (χ4v) is 2.16. The molecule has 0 spiro atoms. The third-order valence-electron chi connectivity index (χ3n) is 3.49. The molecule has 1 saturated carbocycles. The van der Waals surface area contributed by atoms with E-state index in [1.54, 1.807) is 0 Å². The number of likely N-dealkylation sites (N-methyl/N-ethyl adjacent to an activating group) is 1. The van der Waals surface area contributed by atoms with E-state index in [1.807, 2.05) is 0 Å². The third-order valence-corrected chi connectivity index (χ3v) is 3.49. The third kappa shape index (κ3) is 2.50. The van der Waals surface area contributed by atoms with Gasteiger partial charge >= 0.3 is 0 Å². The molecule has 0 N–H and O–H groups in total. The van der Waals surface area contributed by atoms with Crippen molar-refractivity contribution in [2.24, 2.45) is 5.92 Å². The molecular weight excluding hydrogens is 172 g/mol. The predicted octanol–water partition coefficient (Wildman–Crippen LogP) is 1.94. The Labute approximate surface area is 87.6 Å². The Morgan fingerprint density at radius 1 is 1.21 bits per heavy atom. The van der Waals surface area contributed by atoms with Crippen molar-refractivity contribution in [3.05, 3.63) is 12.3 Å². The highest BCUT2D eigenvalue weighted by Crippen LogP contribution is 2.35. The van der Waals surface area contributed by atoms with Crippen molar-refractivity contribution >= 4 is 0 Å². The van der Waals surface area contributed by atoms with E-state index in [1.165, 1.54) is 57.7 Å². The molecule has 0 amide bonds. The zero-order chi connectivity index (χ0) is 9.97. The van der Waals surface area contributed by atoms with E-state index in [4.69, 9.17) is 0 Å². The van der Waals surface area contributed by atoms with Crippen molar-refractivity contribution in [2.45, 2.75) is 26.2 Å². The highest BCUT2D eigenvalue weighted by atomic mass is 15.3. The van der Waals surface area contributed by atoms with Crippen LogP contribution < -0.4 is 0 Å². The Kier molecular flexibility index (Phi) is 3.12. The average Bonchev–Trinajstić information content (AvgIpc) is 3.02. The number of hydrogen-bond donors (Lipinski definition) is 0. The molecule has 14 heavy (non-hydrogen) atoms. The minimum absolute atomic E-state index is 0.978. The second-order valence-corrected chi connectivity index (χ2v) is 4.64. The van der Waals surface area contributed by atoms with Gasteiger partial charge in [0.2, 0.25) is 0 Å². The molecule has 1 saturated heterocycles. The monoisotopic (exact) mass is 194 g/mol. The smallest absolute Gasteiger partial charge is 0.0303 e. The van der Waals surface area contributed by atoms with Crippen LogP contribution >= 0.6 is 0 Å². The van der Waals surface area contributed by atoms with Crippen LogP contribution in [0.25, 0.3) is 0 Å². The summed E-state index contributed by atoms with van der Waals surface area (Å²) in [5, 5.41) is 0. The molecule has 0 radical (unpaired) electrons. The van der Waals surface area contributed by atoms with Crippen LogP contribution in [0.3, 0.4) is 0 Å². The number of allylic oxidation sites excluding steroid dienone is 1. The summed E-state index contributed by atoms with van der Waals surface area (Å²) in [6, 6.07) is 0. The SMILES string of the molecule is C=C(CC1CC1)N1CCN(CC)CC1. The molecule has 2 fully saturated rings. The normalized spacial score (nSPS) is 23.9. The first-order valence-electron chi connectivity index (χ1n) is 5.94. The molecule has 1 heterocycles. The topological polar surface area (TPSA) is 6.48 Å². The molecule has 2 rings (SSSR count). The van der Waals surface area contributed by atoms with E-state index >= 15 is 0 Å². The Balaban J connectivity index is 1.73. The summed E-state index contributed by atoms with van der Waals surface area (Å²) in [5.41, 5.74) is 1.39. The molecule has 2 nitrogen and oxygen atoms in total. The Hall–Kier alpha value is -0.500. The fraction of sp³-hybridized carbons (Fsp3) is 0.833. The van der Waals surface area contributed by atoms with Crippen molar-refractivity contribution in [1.29, 1.82) is 0 Å². The van der Waals surface area contributed by atoms with Gasteiger partial charge in [-0.1, -0.05) is 13.5 Å². The lowest BCUT2D eigenvalue weighted by atomic mass is 10.2. The fourth-order valence-electron chi connectivity index (χ4n) is 2.16. The average molecular weight is 194 g/mol. The van der Waals surface area contributed by atoms with Crippen molar-refractivity contribution in [1.82, 2.24) is 9.80 Å². The van der Waals surface area contributed by atoms with Gasteiger partial charge in [-0.3, -0.25) is 0 Å². The van der Waals surface area contributed by atoms with Crippen LogP contribution in [0.1, 0.15) is 26.2 Å². The van der Waals surface area contributed by atoms with Gasteiger partial charge in [0.1, 0.15) is 0 Å². The molecule has 0 aromatic rings. The zero-order valence-electron chi connectivity index (χ0n) is 9.34. The number of piperazine rings is 1. The molecule has 1 aliphatic carbocycles. The van der Waals surface area contributed by atoms with E-state index in [2.05, 4.69) is 23.3 Å². The second kappa shape index (κ2) is 4.35. The standard InChI is InChI=1S/C12H22N2/c1-3-13-6-8-14(9-7-13)11(2)10-12-4-5-12/h12H,2-10H2,1H3. The molecular formula is C12H22N2. The largest absolute Gasteiger partial charge is 0.373 e. The first kappa shape index (κ1) is 10.0. The van der Waals surface area contributed by atoms with Gasteiger partial charge in [-0.05, 0) is 31.7 Å². The highest BCUT2D eigenvalue weighted by Gasteiger charge is 2.25. The van der Waals surface area contributed by atoms with Gasteiger partial charge in [0.15, 0.2) is 0 Å². The van der Waals surface area contributed by atoms with Crippen LogP contribution in [0.2, 0.25) is 0 Å².